The van der Waals surface area contributed by atoms with Crippen LogP contribution in [0.2, 0.25) is 0 Å². The molecule has 1 aromatic heterocycles. The molecule has 0 radical (unpaired) electrons. The molecule has 0 saturated carbocycles. The fraction of sp³-hybridized carbons (Fsp3) is 0.276. The monoisotopic (exact) mass is 466 g/mol. The SMILES string of the molecule is COc1cccc(Cc2c(C)nc(C)nc2N2CCN(C(=O)c3cccc4ccccc34)CC2)c1. The Morgan fingerprint density at radius 2 is 1.66 bits per heavy atom. The summed E-state index contributed by atoms with van der Waals surface area (Å²) in [5.74, 6) is 2.67. The van der Waals surface area contributed by atoms with Crippen molar-refractivity contribution in [1.29, 1.82) is 0 Å². The lowest BCUT2D eigenvalue weighted by Gasteiger charge is -2.36. The van der Waals surface area contributed by atoms with Crippen molar-refractivity contribution in [1.82, 2.24) is 14.9 Å². The number of rotatable bonds is 5. The van der Waals surface area contributed by atoms with E-state index in [0.29, 0.717) is 13.1 Å². The zero-order chi connectivity index (χ0) is 24.4. The lowest BCUT2D eigenvalue weighted by atomic mass is 10.0. The normalized spacial score (nSPS) is 13.8. The Morgan fingerprint density at radius 1 is 0.914 bits per heavy atom. The van der Waals surface area contributed by atoms with Gasteiger partial charge in [0.1, 0.15) is 17.4 Å². The molecule has 35 heavy (non-hydrogen) atoms. The summed E-state index contributed by atoms with van der Waals surface area (Å²) in [7, 11) is 1.68. The molecule has 6 nitrogen and oxygen atoms in total. The smallest absolute Gasteiger partial charge is 0.254 e. The van der Waals surface area contributed by atoms with E-state index >= 15 is 0 Å². The first-order valence-corrected chi connectivity index (χ1v) is 12.0. The van der Waals surface area contributed by atoms with E-state index in [-0.39, 0.29) is 5.91 Å². The molecule has 0 atom stereocenters. The number of piperazine rings is 1. The van der Waals surface area contributed by atoms with Gasteiger partial charge in [-0.3, -0.25) is 4.79 Å². The first-order chi connectivity index (χ1) is 17.0. The maximum absolute atomic E-state index is 13.4. The van der Waals surface area contributed by atoms with E-state index in [1.807, 2.05) is 73.3 Å². The molecule has 5 rings (SSSR count). The van der Waals surface area contributed by atoms with Crippen LogP contribution < -0.4 is 9.64 Å². The van der Waals surface area contributed by atoms with E-state index in [2.05, 4.69) is 22.0 Å². The second kappa shape index (κ2) is 9.74. The van der Waals surface area contributed by atoms with Crippen molar-refractivity contribution in [2.45, 2.75) is 20.3 Å². The maximum Gasteiger partial charge on any atom is 0.254 e. The molecule has 1 amide bonds. The predicted octanol–water partition coefficient (Wildman–Crippen LogP) is 4.81. The minimum absolute atomic E-state index is 0.0908. The van der Waals surface area contributed by atoms with E-state index in [9.17, 15) is 4.79 Å². The second-order valence-electron chi connectivity index (χ2n) is 8.99. The van der Waals surface area contributed by atoms with Crippen molar-refractivity contribution < 1.29 is 9.53 Å². The van der Waals surface area contributed by atoms with Crippen LogP contribution in [0, 0.1) is 13.8 Å². The summed E-state index contributed by atoms with van der Waals surface area (Å²) in [6.45, 7) is 6.76. The van der Waals surface area contributed by atoms with Gasteiger partial charge >= 0.3 is 0 Å². The first kappa shape index (κ1) is 22.8. The number of carbonyl (C=O) groups is 1. The summed E-state index contributed by atoms with van der Waals surface area (Å²) < 4.78 is 5.41. The molecule has 178 valence electrons. The number of carbonyl (C=O) groups excluding carboxylic acids is 1. The van der Waals surface area contributed by atoms with Crippen molar-refractivity contribution in [3.8, 4) is 5.75 Å². The number of ether oxygens (including phenoxy) is 1. The van der Waals surface area contributed by atoms with Crippen LogP contribution in [0.3, 0.4) is 0 Å². The predicted molar refractivity (Wildman–Crippen MR) is 139 cm³/mol. The number of anilines is 1. The van der Waals surface area contributed by atoms with Crippen molar-refractivity contribution in [3.05, 3.63) is 94.9 Å². The van der Waals surface area contributed by atoms with E-state index < -0.39 is 0 Å². The summed E-state index contributed by atoms with van der Waals surface area (Å²) in [6.07, 6.45) is 0.730. The molecule has 0 spiro atoms. The molecule has 0 bridgehead atoms. The molecule has 1 aliphatic heterocycles. The van der Waals surface area contributed by atoms with Crippen LogP contribution in [-0.2, 0) is 6.42 Å². The van der Waals surface area contributed by atoms with Gasteiger partial charge < -0.3 is 14.5 Å². The molecule has 0 unspecified atom stereocenters. The number of aromatic nitrogens is 2. The second-order valence-corrected chi connectivity index (χ2v) is 8.99. The van der Waals surface area contributed by atoms with Crippen LogP contribution in [0.4, 0.5) is 5.82 Å². The van der Waals surface area contributed by atoms with E-state index in [0.717, 1.165) is 70.1 Å². The van der Waals surface area contributed by atoms with E-state index in [1.54, 1.807) is 7.11 Å². The highest BCUT2D eigenvalue weighted by Crippen LogP contribution is 2.27. The molecule has 1 fully saturated rings. The van der Waals surface area contributed by atoms with Crippen molar-refractivity contribution >= 4 is 22.5 Å². The molecule has 2 heterocycles. The van der Waals surface area contributed by atoms with Crippen LogP contribution in [0.5, 0.6) is 5.75 Å². The highest BCUT2D eigenvalue weighted by Gasteiger charge is 2.26. The Balaban J connectivity index is 1.36. The highest BCUT2D eigenvalue weighted by atomic mass is 16.5. The number of hydrogen-bond acceptors (Lipinski definition) is 5. The van der Waals surface area contributed by atoms with Gasteiger partial charge in [-0.05, 0) is 48.4 Å². The fourth-order valence-corrected chi connectivity index (χ4v) is 4.88. The molecular weight excluding hydrogens is 436 g/mol. The van der Waals surface area contributed by atoms with E-state index in [4.69, 9.17) is 9.72 Å². The Kier molecular flexibility index (Phi) is 6.36. The highest BCUT2D eigenvalue weighted by molar-refractivity contribution is 6.07. The number of amides is 1. The number of methoxy groups -OCH3 is 1. The molecule has 6 heteroatoms. The number of hydrogen-bond donors (Lipinski definition) is 0. The fourth-order valence-electron chi connectivity index (χ4n) is 4.88. The maximum atomic E-state index is 13.4. The van der Waals surface area contributed by atoms with Crippen molar-refractivity contribution in [3.63, 3.8) is 0 Å². The largest absolute Gasteiger partial charge is 0.497 e. The number of aryl methyl sites for hydroxylation is 2. The standard InChI is InChI=1S/C29H30N4O2/c1-20-27(19-22-8-6-11-24(18-22)35-3)28(31-21(2)30-20)32-14-16-33(17-15-32)29(34)26-13-7-10-23-9-4-5-12-25(23)26/h4-13,18H,14-17,19H2,1-3H3. The van der Waals surface area contributed by atoms with E-state index in [1.165, 1.54) is 0 Å². The minimum Gasteiger partial charge on any atom is -0.497 e. The number of nitrogens with zero attached hydrogens (tertiary/aromatic N) is 4. The van der Waals surface area contributed by atoms with Crippen LogP contribution in [0.15, 0.2) is 66.7 Å². The molecule has 0 N–H and O–H groups in total. The number of benzene rings is 3. The van der Waals surface area contributed by atoms with Gasteiger partial charge in [0.25, 0.3) is 5.91 Å². The molecule has 1 aliphatic rings. The molecule has 4 aromatic rings. The molecule has 0 aliphatic carbocycles. The summed E-state index contributed by atoms with van der Waals surface area (Å²) in [5, 5.41) is 2.09. The lowest BCUT2D eigenvalue weighted by molar-refractivity contribution is 0.0748. The average molecular weight is 467 g/mol. The topological polar surface area (TPSA) is 58.6 Å². The molecule has 3 aromatic carbocycles. The van der Waals surface area contributed by atoms with Gasteiger partial charge in [0, 0.05) is 49.4 Å². The Hall–Kier alpha value is -3.93. The number of fused-ring (bicyclic) bond motifs is 1. The molecular formula is C29H30N4O2. The Labute approximate surface area is 206 Å². The van der Waals surface area contributed by atoms with Crippen molar-refractivity contribution in [2.24, 2.45) is 0 Å². The van der Waals surface area contributed by atoms with Gasteiger partial charge in [0.2, 0.25) is 0 Å². The molecule has 1 saturated heterocycles. The summed E-state index contributed by atoms with van der Waals surface area (Å²) in [6, 6.07) is 22.1. The van der Waals surface area contributed by atoms with Gasteiger partial charge in [0.15, 0.2) is 0 Å². The van der Waals surface area contributed by atoms with Gasteiger partial charge in [-0.25, -0.2) is 9.97 Å². The summed E-state index contributed by atoms with van der Waals surface area (Å²) in [4.78, 5) is 27.2. The Morgan fingerprint density at radius 3 is 2.46 bits per heavy atom. The summed E-state index contributed by atoms with van der Waals surface area (Å²) >= 11 is 0. The average Bonchev–Trinajstić information content (AvgIpc) is 2.89. The van der Waals surface area contributed by atoms with Crippen LogP contribution in [-0.4, -0.2) is 54.1 Å². The summed E-state index contributed by atoms with van der Waals surface area (Å²) in [5.41, 5.74) is 4.04. The Bertz CT molecular complexity index is 1370. The van der Waals surface area contributed by atoms with Crippen LogP contribution in [0.25, 0.3) is 10.8 Å². The lowest BCUT2D eigenvalue weighted by Crippen LogP contribution is -2.49. The van der Waals surface area contributed by atoms with Gasteiger partial charge in [-0.2, -0.15) is 0 Å². The van der Waals surface area contributed by atoms with Crippen LogP contribution >= 0.6 is 0 Å². The van der Waals surface area contributed by atoms with Gasteiger partial charge in [-0.1, -0.05) is 48.5 Å². The van der Waals surface area contributed by atoms with Gasteiger partial charge in [-0.15, -0.1) is 0 Å². The minimum atomic E-state index is 0.0908. The third-order valence-corrected chi connectivity index (χ3v) is 6.71. The van der Waals surface area contributed by atoms with Crippen LogP contribution in [0.1, 0.15) is 33.0 Å². The third-order valence-electron chi connectivity index (χ3n) is 6.71. The quantitative estimate of drug-likeness (QED) is 0.423. The third kappa shape index (κ3) is 4.69. The van der Waals surface area contributed by atoms with Gasteiger partial charge in [0.05, 0.1) is 7.11 Å². The zero-order valence-corrected chi connectivity index (χ0v) is 20.5. The zero-order valence-electron chi connectivity index (χ0n) is 20.5. The first-order valence-electron chi connectivity index (χ1n) is 12.0. The van der Waals surface area contributed by atoms with Crippen molar-refractivity contribution in [2.75, 3.05) is 38.2 Å².